The van der Waals surface area contributed by atoms with E-state index in [-0.39, 0.29) is 5.97 Å². The molecule has 0 aliphatic heterocycles. The van der Waals surface area contributed by atoms with E-state index in [1.165, 1.54) is 0 Å². The van der Waals surface area contributed by atoms with E-state index in [1.807, 2.05) is 6.92 Å². The van der Waals surface area contributed by atoms with Gasteiger partial charge < -0.3 is 10.5 Å². The summed E-state index contributed by atoms with van der Waals surface area (Å²) in [5.74, 6) is 0.158. The average Bonchev–Trinajstić information content (AvgIpc) is 2.34. The van der Waals surface area contributed by atoms with Gasteiger partial charge in [0.15, 0.2) is 0 Å². The average molecular weight is 230 g/mol. The van der Waals surface area contributed by atoms with Crippen molar-refractivity contribution in [3.8, 4) is 0 Å². The molecule has 2 rings (SSSR count). The van der Waals surface area contributed by atoms with E-state index in [0.29, 0.717) is 18.0 Å². The second-order valence-corrected chi connectivity index (χ2v) is 3.81. The number of pyridine rings is 1. The number of rotatable bonds is 2. The zero-order valence-corrected chi connectivity index (χ0v) is 9.86. The van der Waals surface area contributed by atoms with Crippen LogP contribution >= 0.6 is 0 Å². The molecule has 0 aliphatic carbocycles. The fourth-order valence-electron chi connectivity index (χ4n) is 1.74. The van der Waals surface area contributed by atoms with Gasteiger partial charge in [-0.15, -0.1) is 0 Å². The molecule has 88 valence electrons. The quantitative estimate of drug-likeness (QED) is 0.804. The van der Waals surface area contributed by atoms with E-state index in [4.69, 9.17) is 10.5 Å². The van der Waals surface area contributed by atoms with E-state index in [1.54, 1.807) is 31.3 Å². The van der Waals surface area contributed by atoms with Gasteiger partial charge in [0.1, 0.15) is 5.82 Å². The molecule has 4 nitrogen and oxygen atoms in total. The summed E-state index contributed by atoms with van der Waals surface area (Å²) in [4.78, 5) is 15.7. The molecule has 0 atom stereocenters. The standard InChI is InChI=1S/C13H14N2O2/c1-3-17-13(16)9-4-5-10-11(6-9)8(2)7-15-12(10)14/h4-7H,3H2,1-2H3,(H2,14,15). The molecule has 2 N–H and O–H groups in total. The van der Waals surface area contributed by atoms with Crippen molar-refractivity contribution < 1.29 is 9.53 Å². The number of fused-ring (bicyclic) bond motifs is 1. The van der Waals surface area contributed by atoms with Gasteiger partial charge in [0.2, 0.25) is 0 Å². The van der Waals surface area contributed by atoms with Crippen LogP contribution in [0, 0.1) is 6.92 Å². The highest BCUT2D eigenvalue weighted by atomic mass is 16.5. The fourth-order valence-corrected chi connectivity index (χ4v) is 1.74. The number of esters is 1. The summed E-state index contributed by atoms with van der Waals surface area (Å²) in [5.41, 5.74) is 7.30. The maximum absolute atomic E-state index is 11.6. The van der Waals surface area contributed by atoms with Gasteiger partial charge in [-0.3, -0.25) is 0 Å². The maximum Gasteiger partial charge on any atom is 0.338 e. The first-order valence-corrected chi connectivity index (χ1v) is 5.45. The molecule has 0 saturated heterocycles. The summed E-state index contributed by atoms with van der Waals surface area (Å²) in [6.45, 7) is 4.09. The van der Waals surface area contributed by atoms with Gasteiger partial charge in [-0.1, -0.05) is 0 Å². The summed E-state index contributed by atoms with van der Waals surface area (Å²) >= 11 is 0. The molecule has 0 fully saturated rings. The first kappa shape index (κ1) is 11.4. The summed E-state index contributed by atoms with van der Waals surface area (Å²) in [5, 5.41) is 1.79. The Kier molecular flexibility index (Phi) is 2.95. The number of anilines is 1. The second kappa shape index (κ2) is 4.41. The number of aromatic nitrogens is 1. The van der Waals surface area contributed by atoms with Crippen molar-refractivity contribution in [2.75, 3.05) is 12.3 Å². The number of nitrogens with two attached hydrogens (primary N) is 1. The SMILES string of the molecule is CCOC(=O)c1ccc2c(N)ncc(C)c2c1. The van der Waals surface area contributed by atoms with Crippen molar-refractivity contribution in [3.63, 3.8) is 0 Å². The second-order valence-electron chi connectivity index (χ2n) is 3.81. The van der Waals surface area contributed by atoms with Crippen LogP contribution in [0.5, 0.6) is 0 Å². The van der Waals surface area contributed by atoms with E-state index >= 15 is 0 Å². The predicted octanol–water partition coefficient (Wildman–Crippen LogP) is 2.30. The number of carbonyl (C=O) groups excluding carboxylic acids is 1. The highest BCUT2D eigenvalue weighted by molar-refractivity contribution is 5.99. The first-order chi connectivity index (χ1) is 8.13. The van der Waals surface area contributed by atoms with E-state index in [9.17, 15) is 4.79 Å². The van der Waals surface area contributed by atoms with Crippen LogP contribution in [0.1, 0.15) is 22.8 Å². The highest BCUT2D eigenvalue weighted by Crippen LogP contribution is 2.23. The van der Waals surface area contributed by atoms with Crippen molar-refractivity contribution >= 4 is 22.6 Å². The Hall–Kier alpha value is -2.10. The van der Waals surface area contributed by atoms with Crippen LogP contribution in [-0.2, 0) is 4.74 Å². The Balaban J connectivity index is 2.57. The molecule has 1 aromatic heterocycles. The van der Waals surface area contributed by atoms with Crippen molar-refractivity contribution in [1.82, 2.24) is 4.98 Å². The number of ether oxygens (including phenoxy) is 1. The highest BCUT2D eigenvalue weighted by Gasteiger charge is 2.09. The molecule has 0 unspecified atom stereocenters. The monoisotopic (exact) mass is 230 g/mol. The van der Waals surface area contributed by atoms with Gasteiger partial charge in [-0.2, -0.15) is 0 Å². The normalized spacial score (nSPS) is 10.5. The predicted molar refractivity (Wildman–Crippen MR) is 66.8 cm³/mol. The van der Waals surface area contributed by atoms with Crippen molar-refractivity contribution in [2.24, 2.45) is 0 Å². The number of nitrogens with zero attached hydrogens (tertiary/aromatic N) is 1. The Morgan fingerprint density at radius 2 is 2.18 bits per heavy atom. The van der Waals surface area contributed by atoms with Crippen LogP contribution in [0.25, 0.3) is 10.8 Å². The lowest BCUT2D eigenvalue weighted by Gasteiger charge is -2.07. The molecule has 1 aromatic carbocycles. The zero-order valence-electron chi connectivity index (χ0n) is 9.86. The molecule has 0 bridgehead atoms. The maximum atomic E-state index is 11.6. The topological polar surface area (TPSA) is 65.2 Å². The van der Waals surface area contributed by atoms with Crippen LogP contribution in [0.15, 0.2) is 24.4 Å². The molecule has 0 radical (unpaired) electrons. The summed E-state index contributed by atoms with van der Waals surface area (Å²) < 4.78 is 4.96. The number of hydrogen-bond donors (Lipinski definition) is 1. The van der Waals surface area contributed by atoms with E-state index in [2.05, 4.69) is 4.98 Å². The van der Waals surface area contributed by atoms with Crippen molar-refractivity contribution in [1.29, 1.82) is 0 Å². The third-order valence-corrected chi connectivity index (χ3v) is 2.63. The third kappa shape index (κ3) is 2.06. The summed E-state index contributed by atoms with van der Waals surface area (Å²) in [6, 6.07) is 5.30. The minimum atomic E-state index is -0.316. The number of aryl methyl sites for hydroxylation is 1. The Morgan fingerprint density at radius 3 is 2.88 bits per heavy atom. The van der Waals surface area contributed by atoms with Crippen LogP contribution < -0.4 is 5.73 Å². The Morgan fingerprint density at radius 1 is 1.41 bits per heavy atom. The lowest BCUT2D eigenvalue weighted by Crippen LogP contribution is -2.04. The molecule has 0 amide bonds. The summed E-state index contributed by atoms with van der Waals surface area (Å²) in [6.07, 6.45) is 1.70. The molecular formula is C13H14N2O2. The molecule has 17 heavy (non-hydrogen) atoms. The minimum absolute atomic E-state index is 0.316. The van der Waals surface area contributed by atoms with Gasteiger partial charge in [-0.25, -0.2) is 9.78 Å². The molecule has 4 heteroatoms. The molecule has 1 heterocycles. The molecule has 0 aliphatic rings. The Bertz CT molecular complexity index is 579. The Labute approximate surface area is 99.4 Å². The fraction of sp³-hybridized carbons (Fsp3) is 0.231. The van der Waals surface area contributed by atoms with Crippen LogP contribution in [0.3, 0.4) is 0 Å². The van der Waals surface area contributed by atoms with Gasteiger partial charge >= 0.3 is 5.97 Å². The van der Waals surface area contributed by atoms with Crippen molar-refractivity contribution in [2.45, 2.75) is 13.8 Å². The molecular weight excluding hydrogens is 216 g/mol. The van der Waals surface area contributed by atoms with Crippen LogP contribution in [0.4, 0.5) is 5.82 Å². The van der Waals surface area contributed by atoms with Crippen LogP contribution in [-0.4, -0.2) is 17.6 Å². The van der Waals surface area contributed by atoms with Crippen molar-refractivity contribution in [3.05, 3.63) is 35.5 Å². The first-order valence-electron chi connectivity index (χ1n) is 5.45. The van der Waals surface area contributed by atoms with Crippen LogP contribution in [0.2, 0.25) is 0 Å². The number of hydrogen-bond acceptors (Lipinski definition) is 4. The third-order valence-electron chi connectivity index (χ3n) is 2.63. The van der Waals surface area contributed by atoms with Gasteiger partial charge in [0, 0.05) is 11.6 Å². The van der Waals surface area contributed by atoms with Gasteiger partial charge in [0.05, 0.1) is 12.2 Å². The largest absolute Gasteiger partial charge is 0.462 e. The lowest BCUT2D eigenvalue weighted by molar-refractivity contribution is 0.0526. The lowest BCUT2D eigenvalue weighted by atomic mass is 10.0. The van der Waals surface area contributed by atoms with Gasteiger partial charge in [-0.05, 0) is 43.0 Å². The number of nitrogen functional groups attached to an aromatic ring is 1. The molecule has 2 aromatic rings. The minimum Gasteiger partial charge on any atom is -0.462 e. The number of carbonyl (C=O) groups is 1. The zero-order chi connectivity index (χ0) is 12.4. The number of benzene rings is 1. The smallest absolute Gasteiger partial charge is 0.338 e. The van der Waals surface area contributed by atoms with Gasteiger partial charge in [0.25, 0.3) is 0 Å². The van der Waals surface area contributed by atoms with E-state index in [0.717, 1.165) is 16.3 Å². The van der Waals surface area contributed by atoms with E-state index < -0.39 is 0 Å². The molecule has 0 saturated carbocycles. The molecule has 0 spiro atoms. The summed E-state index contributed by atoms with van der Waals surface area (Å²) in [7, 11) is 0.